The van der Waals surface area contributed by atoms with Crippen LogP contribution in [-0.4, -0.2) is 36.0 Å². The lowest BCUT2D eigenvalue weighted by atomic mass is 9.98. The van der Waals surface area contributed by atoms with Crippen molar-refractivity contribution in [3.63, 3.8) is 0 Å². The molecule has 0 unspecified atom stereocenters. The summed E-state index contributed by atoms with van der Waals surface area (Å²) >= 11 is 0. The van der Waals surface area contributed by atoms with Gasteiger partial charge in [-0.25, -0.2) is 12.8 Å². The Hall–Kier alpha value is -2.58. The second kappa shape index (κ2) is 7.44. The number of hydrogen-bond acceptors (Lipinski definition) is 5. The van der Waals surface area contributed by atoms with Gasteiger partial charge in [0.25, 0.3) is 0 Å². The summed E-state index contributed by atoms with van der Waals surface area (Å²) in [6.07, 6.45) is 1.19. The Morgan fingerprint density at radius 2 is 1.79 bits per heavy atom. The van der Waals surface area contributed by atoms with E-state index < -0.39 is 15.8 Å². The summed E-state index contributed by atoms with van der Waals surface area (Å²) < 4.78 is 45.8. The molecule has 0 bridgehead atoms. The molecule has 1 aliphatic rings. The van der Waals surface area contributed by atoms with Crippen LogP contribution in [0.4, 0.5) is 4.39 Å². The first-order chi connectivity index (χ1) is 13.4. The van der Waals surface area contributed by atoms with Gasteiger partial charge in [0.05, 0.1) is 4.90 Å². The number of benzene rings is 2. The van der Waals surface area contributed by atoms with Gasteiger partial charge in [0, 0.05) is 24.6 Å². The Morgan fingerprint density at radius 3 is 2.46 bits per heavy atom. The van der Waals surface area contributed by atoms with Gasteiger partial charge in [0.15, 0.2) is 0 Å². The predicted molar refractivity (Wildman–Crippen MR) is 102 cm³/mol. The fourth-order valence-electron chi connectivity index (χ4n) is 3.39. The molecule has 4 rings (SSSR count). The topological polar surface area (TPSA) is 76.3 Å². The quantitative estimate of drug-likeness (QED) is 0.665. The minimum absolute atomic E-state index is 0.0192. The van der Waals surface area contributed by atoms with Crippen LogP contribution in [0.25, 0.3) is 11.5 Å². The molecule has 146 valence electrons. The van der Waals surface area contributed by atoms with Crippen LogP contribution in [0.2, 0.25) is 0 Å². The Balaban J connectivity index is 1.45. The summed E-state index contributed by atoms with van der Waals surface area (Å²) in [6, 6.07) is 12.7. The molecule has 0 aliphatic carbocycles. The largest absolute Gasteiger partial charge is 0.420 e. The maximum absolute atomic E-state index is 13.1. The monoisotopic (exact) mass is 401 g/mol. The number of aryl methyl sites for hydroxylation is 1. The fourth-order valence-corrected chi connectivity index (χ4v) is 4.86. The summed E-state index contributed by atoms with van der Waals surface area (Å²) in [6.45, 7) is 2.71. The minimum Gasteiger partial charge on any atom is -0.420 e. The summed E-state index contributed by atoms with van der Waals surface area (Å²) in [7, 11) is -3.63. The van der Waals surface area contributed by atoms with Gasteiger partial charge in [-0.05, 0) is 56.2 Å². The molecule has 1 aliphatic heterocycles. The molecule has 3 aromatic rings. The molecule has 6 nitrogen and oxygen atoms in total. The van der Waals surface area contributed by atoms with E-state index in [4.69, 9.17) is 4.42 Å². The van der Waals surface area contributed by atoms with Crippen molar-refractivity contribution in [2.75, 3.05) is 13.1 Å². The third-order valence-electron chi connectivity index (χ3n) is 4.96. The van der Waals surface area contributed by atoms with Crippen molar-refractivity contribution in [1.82, 2.24) is 14.5 Å². The maximum Gasteiger partial charge on any atom is 0.247 e. The van der Waals surface area contributed by atoms with Crippen LogP contribution in [0.1, 0.15) is 30.2 Å². The van der Waals surface area contributed by atoms with Crippen LogP contribution in [-0.2, 0) is 10.0 Å². The van der Waals surface area contributed by atoms with Crippen LogP contribution in [0.5, 0.6) is 0 Å². The summed E-state index contributed by atoms with van der Waals surface area (Å²) in [5, 5.41) is 8.32. The molecule has 2 heterocycles. The first-order valence-electron chi connectivity index (χ1n) is 9.09. The van der Waals surface area contributed by atoms with Crippen LogP contribution < -0.4 is 0 Å². The number of aromatic nitrogens is 2. The van der Waals surface area contributed by atoms with Crippen molar-refractivity contribution < 1.29 is 17.2 Å². The second-order valence-corrected chi connectivity index (χ2v) is 8.89. The second-order valence-electron chi connectivity index (χ2n) is 6.95. The zero-order valence-corrected chi connectivity index (χ0v) is 16.2. The molecule has 28 heavy (non-hydrogen) atoms. The van der Waals surface area contributed by atoms with Crippen LogP contribution in [0.3, 0.4) is 0 Å². The maximum atomic E-state index is 13.1. The Morgan fingerprint density at radius 1 is 1.07 bits per heavy atom. The lowest BCUT2D eigenvalue weighted by molar-refractivity contribution is 0.291. The van der Waals surface area contributed by atoms with Crippen LogP contribution in [0, 0.1) is 12.7 Å². The SMILES string of the molecule is Cc1cccc(-c2nnc(C3CCN(S(=O)(=O)c4ccc(F)cc4)CC3)o2)c1. The normalized spacial score (nSPS) is 16.4. The number of sulfonamides is 1. The smallest absolute Gasteiger partial charge is 0.247 e. The Labute approximate surface area is 163 Å². The van der Waals surface area contributed by atoms with Crippen molar-refractivity contribution in [1.29, 1.82) is 0 Å². The molecule has 1 aromatic heterocycles. The summed E-state index contributed by atoms with van der Waals surface area (Å²) in [5.74, 6) is 0.569. The molecule has 0 saturated carbocycles. The summed E-state index contributed by atoms with van der Waals surface area (Å²) in [4.78, 5) is 0.104. The van der Waals surface area contributed by atoms with Crippen molar-refractivity contribution >= 4 is 10.0 Å². The standard InChI is InChI=1S/C20H20FN3O3S/c1-14-3-2-4-16(13-14)20-23-22-19(27-20)15-9-11-24(12-10-15)28(25,26)18-7-5-17(21)6-8-18/h2-8,13,15H,9-12H2,1H3. The highest BCUT2D eigenvalue weighted by Gasteiger charge is 2.32. The van der Waals surface area contributed by atoms with Crippen molar-refractivity contribution in [3.05, 3.63) is 65.8 Å². The lowest BCUT2D eigenvalue weighted by Gasteiger charge is -2.29. The van der Waals surface area contributed by atoms with E-state index in [1.54, 1.807) is 0 Å². The highest BCUT2D eigenvalue weighted by Crippen LogP contribution is 2.31. The molecule has 8 heteroatoms. The van der Waals surface area contributed by atoms with E-state index in [-0.39, 0.29) is 10.8 Å². The molecule has 0 radical (unpaired) electrons. The fraction of sp³-hybridized carbons (Fsp3) is 0.300. The summed E-state index contributed by atoms with van der Waals surface area (Å²) in [5.41, 5.74) is 1.98. The predicted octanol–water partition coefficient (Wildman–Crippen LogP) is 3.75. The number of hydrogen-bond donors (Lipinski definition) is 0. The number of rotatable bonds is 4. The van der Waals surface area contributed by atoms with E-state index in [0.29, 0.717) is 37.7 Å². The van der Waals surface area contributed by atoms with E-state index in [2.05, 4.69) is 10.2 Å². The Bertz CT molecular complexity index is 1070. The van der Waals surface area contributed by atoms with Crippen LogP contribution in [0.15, 0.2) is 57.8 Å². The molecule has 2 aromatic carbocycles. The van der Waals surface area contributed by atoms with Gasteiger partial charge in [-0.2, -0.15) is 4.31 Å². The van der Waals surface area contributed by atoms with Crippen molar-refractivity contribution in [2.24, 2.45) is 0 Å². The van der Waals surface area contributed by atoms with Gasteiger partial charge in [-0.15, -0.1) is 10.2 Å². The average Bonchev–Trinajstić information content (AvgIpc) is 3.19. The van der Waals surface area contributed by atoms with Crippen molar-refractivity contribution in [3.8, 4) is 11.5 Å². The van der Waals surface area contributed by atoms with Gasteiger partial charge in [-0.3, -0.25) is 0 Å². The van der Waals surface area contributed by atoms with Gasteiger partial charge >= 0.3 is 0 Å². The number of piperidine rings is 1. The first-order valence-corrected chi connectivity index (χ1v) is 10.5. The van der Waals surface area contributed by atoms with E-state index >= 15 is 0 Å². The number of nitrogens with zero attached hydrogens (tertiary/aromatic N) is 3. The lowest BCUT2D eigenvalue weighted by Crippen LogP contribution is -2.37. The molecular formula is C20H20FN3O3S. The van der Waals surface area contributed by atoms with E-state index in [1.807, 2.05) is 31.2 Å². The molecule has 1 fully saturated rings. The zero-order chi connectivity index (χ0) is 19.7. The molecule has 0 amide bonds. The van der Waals surface area contributed by atoms with E-state index in [1.165, 1.54) is 16.4 Å². The third-order valence-corrected chi connectivity index (χ3v) is 6.87. The Kier molecular flexibility index (Phi) is 4.99. The van der Waals surface area contributed by atoms with Gasteiger partial charge in [0.2, 0.25) is 21.8 Å². The minimum atomic E-state index is -3.63. The first kappa shape index (κ1) is 18.8. The highest BCUT2D eigenvalue weighted by atomic mass is 32.2. The van der Waals surface area contributed by atoms with E-state index in [9.17, 15) is 12.8 Å². The average molecular weight is 401 g/mol. The molecule has 0 N–H and O–H groups in total. The third kappa shape index (κ3) is 3.70. The zero-order valence-electron chi connectivity index (χ0n) is 15.4. The van der Waals surface area contributed by atoms with Gasteiger partial charge in [0.1, 0.15) is 5.82 Å². The number of halogens is 1. The molecular weight excluding hydrogens is 381 g/mol. The van der Waals surface area contributed by atoms with E-state index in [0.717, 1.165) is 23.3 Å². The van der Waals surface area contributed by atoms with Crippen LogP contribution >= 0.6 is 0 Å². The highest BCUT2D eigenvalue weighted by molar-refractivity contribution is 7.89. The van der Waals surface area contributed by atoms with Crippen molar-refractivity contribution in [2.45, 2.75) is 30.6 Å². The van der Waals surface area contributed by atoms with Gasteiger partial charge in [-0.1, -0.05) is 17.7 Å². The van der Waals surface area contributed by atoms with Gasteiger partial charge < -0.3 is 4.42 Å². The molecule has 1 saturated heterocycles. The molecule has 0 atom stereocenters. The molecule has 0 spiro atoms.